The van der Waals surface area contributed by atoms with E-state index in [1.165, 1.54) is 34.5 Å². The molecule has 2 fully saturated rings. The highest BCUT2D eigenvalue weighted by atomic mass is 31.3. The number of phosphoric acid groups is 1. The van der Waals surface area contributed by atoms with E-state index in [1.54, 1.807) is 6.08 Å². The van der Waals surface area contributed by atoms with Crippen molar-refractivity contribution in [3.05, 3.63) is 36.7 Å². The molecule has 10 atom stereocenters. The third kappa shape index (κ3) is 6.91. The minimum Gasteiger partial charge on any atom is -0.387 e. The van der Waals surface area contributed by atoms with E-state index >= 15 is 0 Å². The average molecular weight is 667 g/mol. The number of nitrogens with two attached hydrogens (primary N) is 2. The first kappa shape index (κ1) is 32.7. The van der Waals surface area contributed by atoms with Gasteiger partial charge in [0.25, 0.3) is 5.65 Å². The number of ether oxygens (including phenoxy) is 2. The van der Waals surface area contributed by atoms with Gasteiger partial charge >= 0.3 is 16.4 Å². The number of fused-ring (bicyclic) bond motifs is 1. The lowest BCUT2D eigenvalue weighted by atomic mass is 10.1. The molecular weight excluding hydrogens is 636 g/mol. The largest absolute Gasteiger partial charge is 0.511 e. The molecule has 0 aromatic carbocycles. The first-order chi connectivity index (χ1) is 20.9. The van der Waals surface area contributed by atoms with E-state index < -0.39 is 84.6 Å². The summed E-state index contributed by atoms with van der Waals surface area (Å²) in [5.74, 6) is -0.531. The quantitative estimate of drug-likeness (QED) is 0.0459. The SMILES string of the molecule is NC(=O)C1=CN(C2OC(COP(=O)(O)O[PH+](O)OOCC3OC([n+]4cnc(N)c5[nH]cnc54)C(O)C3O)C(O)C2O)C=CC1. The Morgan fingerprint density at radius 2 is 1.89 bits per heavy atom. The van der Waals surface area contributed by atoms with Crippen LogP contribution in [0.2, 0.25) is 0 Å². The molecular formula is C21H31N7O14P2+2. The van der Waals surface area contributed by atoms with Gasteiger partial charge in [-0.3, -0.25) is 9.32 Å². The second-order valence-electron chi connectivity index (χ2n) is 9.77. The number of primary amides is 1. The number of phosphoric ester groups is 1. The number of amides is 1. The standard InChI is InChI=1S/C21H29N7O14P2/c22-17-12-19(25-7-24-12)28(8-26-17)21-16(32)13(29)10(40-21)5-37-41-43(34)42-44(35,36)38-6-11-14(30)15(31)20(39-11)27-3-1-2-9(4-27)18(23)33/h1,3-4,7-8,10-11,13-16,20-21,29-32,34,43H,2,5-6H2,(H4-,22,23,24,25,33,35,36)/p+2. The second kappa shape index (κ2) is 13.3. The molecule has 23 heteroatoms. The first-order valence-corrected chi connectivity index (χ1v) is 15.6. The Morgan fingerprint density at radius 3 is 2.64 bits per heavy atom. The van der Waals surface area contributed by atoms with Gasteiger partial charge in [-0.1, -0.05) is 20.4 Å². The zero-order valence-electron chi connectivity index (χ0n) is 22.5. The first-order valence-electron chi connectivity index (χ1n) is 12.8. The lowest BCUT2D eigenvalue weighted by Gasteiger charge is -2.28. The molecule has 11 N–H and O–H groups in total. The number of nitrogens with one attached hydrogen (secondary N) is 1. The van der Waals surface area contributed by atoms with Crippen molar-refractivity contribution in [3.8, 4) is 0 Å². The Hall–Kier alpha value is -2.72. The maximum absolute atomic E-state index is 12.3. The van der Waals surface area contributed by atoms with Crippen molar-refractivity contribution in [2.75, 3.05) is 18.9 Å². The van der Waals surface area contributed by atoms with Crippen LogP contribution in [-0.4, -0.2) is 112 Å². The number of carbonyl (C=O) groups excluding carboxylic acids is 1. The Labute approximate surface area is 248 Å². The van der Waals surface area contributed by atoms with Crippen molar-refractivity contribution < 1.29 is 72.0 Å². The molecule has 0 bridgehead atoms. The minimum absolute atomic E-state index is 0.152. The van der Waals surface area contributed by atoms with Gasteiger partial charge in [0.1, 0.15) is 43.2 Å². The van der Waals surface area contributed by atoms with Crippen molar-refractivity contribution in [1.29, 1.82) is 0 Å². The fourth-order valence-electron chi connectivity index (χ4n) is 4.67. The van der Waals surface area contributed by atoms with E-state index in [4.69, 9.17) is 30.4 Å². The van der Waals surface area contributed by atoms with Crippen LogP contribution in [0, 0.1) is 0 Å². The number of aliphatic hydroxyl groups excluding tert-OH is 4. The molecule has 242 valence electrons. The van der Waals surface area contributed by atoms with Crippen LogP contribution in [0.5, 0.6) is 0 Å². The molecule has 10 unspecified atom stereocenters. The Kier molecular flexibility index (Phi) is 9.90. The van der Waals surface area contributed by atoms with Gasteiger partial charge < -0.3 is 56.1 Å². The van der Waals surface area contributed by atoms with Gasteiger partial charge in [-0.25, -0.2) is 9.13 Å². The Balaban J connectivity index is 1.08. The lowest BCUT2D eigenvalue weighted by Crippen LogP contribution is -2.47. The molecule has 44 heavy (non-hydrogen) atoms. The van der Waals surface area contributed by atoms with Crippen LogP contribution in [0.1, 0.15) is 12.6 Å². The highest BCUT2D eigenvalue weighted by Gasteiger charge is 2.48. The number of aromatic nitrogens is 4. The number of nitrogens with zero attached hydrogens (tertiary/aromatic N) is 4. The zero-order valence-corrected chi connectivity index (χ0v) is 24.4. The summed E-state index contributed by atoms with van der Waals surface area (Å²) in [4.78, 5) is 48.4. The number of carbonyl (C=O) groups is 1. The van der Waals surface area contributed by atoms with Crippen LogP contribution < -0.4 is 16.0 Å². The van der Waals surface area contributed by atoms with Crippen molar-refractivity contribution in [2.45, 2.75) is 55.5 Å². The van der Waals surface area contributed by atoms with Gasteiger partial charge in [-0.2, -0.15) is 9.78 Å². The molecule has 2 aromatic rings. The normalized spacial score (nSPS) is 32.6. The number of nitrogen functional groups attached to an aromatic ring is 1. The molecule has 3 aliphatic heterocycles. The predicted molar refractivity (Wildman–Crippen MR) is 142 cm³/mol. The highest BCUT2D eigenvalue weighted by molar-refractivity contribution is 7.58. The smallest absolute Gasteiger partial charge is 0.387 e. The number of rotatable bonds is 12. The molecule has 2 aromatic heterocycles. The second-order valence-corrected chi connectivity index (χ2v) is 12.4. The average Bonchev–Trinajstić information content (AvgIpc) is 3.66. The van der Waals surface area contributed by atoms with Crippen LogP contribution in [0.25, 0.3) is 11.2 Å². The van der Waals surface area contributed by atoms with Crippen molar-refractivity contribution in [1.82, 2.24) is 19.9 Å². The number of allylic oxidation sites excluding steroid dienone is 1. The fourth-order valence-corrected chi connectivity index (χ4v) is 6.30. The predicted octanol–water partition coefficient (Wildman–Crippen LogP) is -3.48. The summed E-state index contributed by atoms with van der Waals surface area (Å²) in [6.45, 7) is -1.32. The molecule has 0 spiro atoms. The van der Waals surface area contributed by atoms with Gasteiger partial charge in [0.05, 0.1) is 6.61 Å². The number of aliphatic hydroxyl groups is 4. The molecule has 0 radical (unpaired) electrons. The molecule has 21 nitrogen and oxygen atoms in total. The number of imidazole rings is 1. The summed E-state index contributed by atoms with van der Waals surface area (Å²) >= 11 is 0. The third-order valence-corrected chi connectivity index (χ3v) is 9.16. The van der Waals surface area contributed by atoms with E-state index in [2.05, 4.69) is 23.9 Å². The van der Waals surface area contributed by atoms with Gasteiger partial charge in [-0.05, 0) is 11.1 Å². The van der Waals surface area contributed by atoms with Crippen LogP contribution in [-0.2, 0) is 37.2 Å². The van der Waals surface area contributed by atoms with Gasteiger partial charge in [-0.15, -0.1) is 0 Å². The zero-order chi connectivity index (χ0) is 31.8. The van der Waals surface area contributed by atoms with Gasteiger partial charge in [0.15, 0.2) is 18.1 Å². The maximum Gasteiger partial charge on any atom is 0.511 e. The number of hydrogen-bond acceptors (Lipinski definition) is 17. The monoisotopic (exact) mass is 667 g/mol. The Morgan fingerprint density at radius 1 is 1.16 bits per heavy atom. The van der Waals surface area contributed by atoms with Crippen LogP contribution in [0.3, 0.4) is 0 Å². The van der Waals surface area contributed by atoms with E-state index in [0.29, 0.717) is 5.52 Å². The van der Waals surface area contributed by atoms with Gasteiger partial charge in [0, 0.05) is 18.0 Å². The molecule has 1 amide bonds. The summed E-state index contributed by atoms with van der Waals surface area (Å²) in [5, 5.41) is 41.6. The summed E-state index contributed by atoms with van der Waals surface area (Å²) < 4.78 is 38.8. The highest BCUT2D eigenvalue weighted by Crippen LogP contribution is 2.56. The van der Waals surface area contributed by atoms with E-state index in [-0.39, 0.29) is 23.5 Å². The summed E-state index contributed by atoms with van der Waals surface area (Å²) in [7, 11) is -8.61. The number of anilines is 1. The van der Waals surface area contributed by atoms with Crippen LogP contribution in [0.15, 0.2) is 36.7 Å². The summed E-state index contributed by atoms with van der Waals surface area (Å²) in [6.07, 6.45) is -3.55. The van der Waals surface area contributed by atoms with E-state index in [0.717, 1.165) is 0 Å². The van der Waals surface area contributed by atoms with Crippen molar-refractivity contribution in [3.63, 3.8) is 0 Å². The topological polar surface area (TPSA) is 312 Å². The Bertz CT molecular complexity index is 1460. The van der Waals surface area contributed by atoms with E-state index in [1.807, 2.05) is 0 Å². The molecule has 0 aliphatic carbocycles. The summed E-state index contributed by atoms with van der Waals surface area (Å²) in [5.41, 5.74) is 12.0. The summed E-state index contributed by atoms with van der Waals surface area (Å²) in [6, 6.07) is 0. The van der Waals surface area contributed by atoms with Crippen LogP contribution >= 0.6 is 16.4 Å². The fraction of sp³-hybridized carbons (Fsp3) is 0.524. The maximum atomic E-state index is 12.3. The lowest BCUT2D eigenvalue weighted by molar-refractivity contribution is -0.747. The minimum atomic E-state index is -5.02. The molecule has 2 saturated heterocycles. The van der Waals surface area contributed by atoms with Crippen LogP contribution in [0.4, 0.5) is 5.82 Å². The molecule has 3 aliphatic rings. The molecule has 5 rings (SSSR count). The van der Waals surface area contributed by atoms with Crippen molar-refractivity contribution >= 4 is 39.3 Å². The molecule has 5 heterocycles. The third-order valence-electron chi connectivity index (χ3n) is 6.88. The van der Waals surface area contributed by atoms with E-state index in [9.17, 15) is 39.6 Å². The van der Waals surface area contributed by atoms with Crippen molar-refractivity contribution in [2.24, 2.45) is 5.73 Å². The molecule has 0 saturated carbocycles. The number of H-pyrrole nitrogens is 1. The van der Waals surface area contributed by atoms with Gasteiger partial charge in [0.2, 0.25) is 24.3 Å². The number of hydrogen-bond donors (Lipinski definition) is 9. The number of aromatic amines is 1.